The van der Waals surface area contributed by atoms with E-state index in [2.05, 4.69) is 4.74 Å². The molecule has 0 aromatic heterocycles. The van der Waals surface area contributed by atoms with Gasteiger partial charge in [0.1, 0.15) is 12.2 Å². The van der Waals surface area contributed by atoms with Gasteiger partial charge in [0.05, 0.1) is 0 Å². The number of ether oxygens (including phenoxy) is 1. The van der Waals surface area contributed by atoms with Gasteiger partial charge in [-0.1, -0.05) is 0 Å². The zero-order chi connectivity index (χ0) is 6.41. The molecule has 0 saturated carbocycles. The average molecular weight is 122 g/mol. The first kappa shape index (κ1) is 5.95. The minimum Gasteiger partial charge on any atom is -0.363 e. The Hall–Kier alpha value is -0.180. The molecule has 0 aromatic rings. The summed E-state index contributed by atoms with van der Waals surface area (Å²) in [6, 6.07) is 0. The second-order valence-corrected chi connectivity index (χ2v) is 2.50. The molecule has 1 heterocycles. The Balaban J connectivity index is 2.63. The van der Waals surface area contributed by atoms with Crippen LogP contribution in [0.15, 0.2) is 0 Å². The summed E-state index contributed by atoms with van der Waals surface area (Å²) in [6.07, 6.45) is 0. The van der Waals surface area contributed by atoms with Crippen molar-refractivity contribution in [3.8, 4) is 0 Å². The van der Waals surface area contributed by atoms with E-state index in [-0.39, 0.29) is 0 Å². The normalized spacial score (nSPS) is 31.5. The van der Waals surface area contributed by atoms with Crippen molar-refractivity contribution in [2.45, 2.75) is 25.4 Å². The summed E-state index contributed by atoms with van der Waals surface area (Å²) < 4.78 is 29.0. The Bertz CT molecular complexity index is 95.0. The molecule has 1 rings (SSSR count). The van der Waals surface area contributed by atoms with E-state index in [1.54, 1.807) is 0 Å². The van der Waals surface area contributed by atoms with Gasteiger partial charge in [0.25, 0.3) is 5.92 Å². The Morgan fingerprint density at radius 3 is 1.75 bits per heavy atom. The van der Waals surface area contributed by atoms with Crippen LogP contribution in [0.5, 0.6) is 0 Å². The third-order valence-corrected chi connectivity index (χ3v) is 1.50. The molecule has 8 heavy (non-hydrogen) atoms. The van der Waals surface area contributed by atoms with Crippen molar-refractivity contribution in [3.63, 3.8) is 0 Å². The van der Waals surface area contributed by atoms with E-state index in [9.17, 15) is 8.78 Å². The molecule has 1 fully saturated rings. The zero-order valence-corrected chi connectivity index (χ0v) is 4.87. The maximum Gasteiger partial charge on any atom is 0.298 e. The number of rotatable bonds is 0. The van der Waals surface area contributed by atoms with Gasteiger partial charge in [-0.15, -0.1) is 0 Å². The van der Waals surface area contributed by atoms with Gasteiger partial charge in [-0.05, 0) is 13.8 Å². The molecule has 0 atom stereocenters. The van der Waals surface area contributed by atoms with Crippen LogP contribution in [-0.4, -0.2) is 18.1 Å². The fraction of sp³-hybridized carbons (Fsp3) is 1.00. The van der Waals surface area contributed by atoms with Crippen LogP contribution in [0.25, 0.3) is 0 Å². The Morgan fingerprint density at radius 2 is 1.75 bits per heavy atom. The molecule has 0 N–H and O–H groups in total. The number of halogens is 2. The van der Waals surface area contributed by atoms with E-state index < -0.39 is 18.1 Å². The van der Waals surface area contributed by atoms with Crippen molar-refractivity contribution in [1.29, 1.82) is 0 Å². The fourth-order valence-electron chi connectivity index (χ4n) is 0.470. The molecule has 0 aromatic carbocycles. The third-order valence-electron chi connectivity index (χ3n) is 1.50. The summed E-state index contributed by atoms with van der Waals surface area (Å²) in [7, 11) is 0. The molecular formula is C5H8F2O. The molecule has 1 nitrogen and oxygen atoms in total. The highest BCUT2D eigenvalue weighted by Gasteiger charge is 2.57. The smallest absolute Gasteiger partial charge is 0.298 e. The lowest BCUT2D eigenvalue weighted by Crippen LogP contribution is -2.59. The summed E-state index contributed by atoms with van der Waals surface area (Å²) in [6.45, 7) is 2.35. The quantitative estimate of drug-likeness (QED) is 0.472. The van der Waals surface area contributed by atoms with Gasteiger partial charge < -0.3 is 4.74 Å². The Morgan fingerprint density at radius 1 is 1.38 bits per heavy atom. The van der Waals surface area contributed by atoms with Gasteiger partial charge >= 0.3 is 0 Å². The van der Waals surface area contributed by atoms with Gasteiger partial charge in [0, 0.05) is 0 Å². The third kappa shape index (κ3) is 0.540. The molecule has 0 spiro atoms. The van der Waals surface area contributed by atoms with Crippen LogP contribution in [0, 0.1) is 0 Å². The molecule has 1 aliphatic heterocycles. The van der Waals surface area contributed by atoms with Crippen LogP contribution in [0.2, 0.25) is 0 Å². The molecule has 1 aliphatic rings. The number of hydrogen-bond acceptors (Lipinski definition) is 1. The van der Waals surface area contributed by atoms with Crippen LogP contribution in [0.3, 0.4) is 0 Å². The van der Waals surface area contributed by atoms with Crippen LogP contribution in [0.1, 0.15) is 13.8 Å². The van der Waals surface area contributed by atoms with Gasteiger partial charge in [-0.3, -0.25) is 0 Å². The first-order chi connectivity index (χ1) is 3.46. The highest BCUT2D eigenvalue weighted by molar-refractivity contribution is 4.95. The first-order valence-electron chi connectivity index (χ1n) is 2.47. The Labute approximate surface area is 46.6 Å². The van der Waals surface area contributed by atoms with E-state index in [0.29, 0.717) is 0 Å². The first-order valence-corrected chi connectivity index (χ1v) is 2.47. The number of hydrogen-bond donors (Lipinski definition) is 0. The standard InChI is InChI=1S/C5H8F2O/c1-4(2)5(6,7)3-8-4/h3H2,1-2H3. The van der Waals surface area contributed by atoms with Gasteiger partial charge in [0.15, 0.2) is 0 Å². The van der Waals surface area contributed by atoms with E-state index in [4.69, 9.17) is 0 Å². The van der Waals surface area contributed by atoms with Crippen molar-refractivity contribution in [2.75, 3.05) is 6.61 Å². The molecule has 0 aliphatic carbocycles. The molecule has 3 heteroatoms. The lowest BCUT2D eigenvalue weighted by molar-refractivity contribution is -0.312. The summed E-state index contributed by atoms with van der Waals surface area (Å²) in [5.41, 5.74) is -1.22. The van der Waals surface area contributed by atoms with Gasteiger partial charge in [-0.2, -0.15) is 0 Å². The SMILES string of the molecule is CC1(C)OCC1(F)F. The van der Waals surface area contributed by atoms with Crippen LogP contribution < -0.4 is 0 Å². The van der Waals surface area contributed by atoms with Crippen LogP contribution in [-0.2, 0) is 4.74 Å². The van der Waals surface area contributed by atoms with Crippen molar-refractivity contribution in [1.82, 2.24) is 0 Å². The summed E-state index contributed by atoms with van der Waals surface area (Å²) in [5.74, 6) is -2.60. The van der Waals surface area contributed by atoms with Crippen molar-refractivity contribution >= 4 is 0 Å². The number of alkyl halides is 2. The highest BCUT2D eigenvalue weighted by Crippen LogP contribution is 2.40. The monoisotopic (exact) mass is 122 g/mol. The average Bonchev–Trinajstić information content (AvgIpc) is 1.64. The largest absolute Gasteiger partial charge is 0.363 e. The molecule has 0 radical (unpaired) electrons. The minimum atomic E-state index is -2.60. The lowest BCUT2D eigenvalue weighted by Gasteiger charge is -2.43. The second-order valence-electron chi connectivity index (χ2n) is 2.50. The molecule has 0 unspecified atom stereocenters. The maximum atomic E-state index is 12.2. The van der Waals surface area contributed by atoms with E-state index in [0.717, 1.165) is 0 Å². The summed E-state index contributed by atoms with van der Waals surface area (Å²) >= 11 is 0. The molecule has 0 amide bonds. The van der Waals surface area contributed by atoms with Crippen molar-refractivity contribution in [2.24, 2.45) is 0 Å². The molecule has 0 bridgehead atoms. The van der Waals surface area contributed by atoms with Gasteiger partial charge in [0.2, 0.25) is 0 Å². The predicted molar refractivity (Wildman–Crippen MR) is 25.0 cm³/mol. The molecule has 48 valence electrons. The second kappa shape index (κ2) is 1.21. The summed E-state index contributed by atoms with van der Waals surface area (Å²) in [5, 5.41) is 0. The lowest BCUT2D eigenvalue weighted by atomic mass is 9.96. The molecular weight excluding hydrogens is 114 g/mol. The molecule has 1 saturated heterocycles. The predicted octanol–water partition coefficient (Wildman–Crippen LogP) is 1.43. The van der Waals surface area contributed by atoms with E-state index in [1.807, 2.05) is 0 Å². The van der Waals surface area contributed by atoms with Crippen LogP contribution >= 0.6 is 0 Å². The minimum absolute atomic E-state index is 0.417. The zero-order valence-electron chi connectivity index (χ0n) is 4.87. The van der Waals surface area contributed by atoms with E-state index in [1.165, 1.54) is 13.8 Å². The van der Waals surface area contributed by atoms with Gasteiger partial charge in [-0.25, -0.2) is 8.78 Å². The van der Waals surface area contributed by atoms with E-state index >= 15 is 0 Å². The van der Waals surface area contributed by atoms with Crippen molar-refractivity contribution < 1.29 is 13.5 Å². The highest BCUT2D eigenvalue weighted by atomic mass is 19.3. The maximum absolute atomic E-state index is 12.2. The Kier molecular flexibility index (Phi) is 0.899. The summed E-state index contributed by atoms with van der Waals surface area (Å²) in [4.78, 5) is 0. The topological polar surface area (TPSA) is 9.23 Å². The van der Waals surface area contributed by atoms with Crippen LogP contribution in [0.4, 0.5) is 8.78 Å². The fourth-order valence-corrected chi connectivity index (χ4v) is 0.470. The van der Waals surface area contributed by atoms with Crippen molar-refractivity contribution in [3.05, 3.63) is 0 Å².